The van der Waals surface area contributed by atoms with Crippen LogP contribution < -0.4 is 9.47 Å². The molecule has 0 amide bonds. The Morgan fingerprint density at radius 1 is 1.12 bits per heavy atom. The van der Waals surface area contributed by atoms with Gasteiger partial charge in [0.25, 0.3) is 0 Å². The summed E-state index contributed by atoms with van der Waals surface area (Å²) in [4.78, 5) is 12.6. The fraction of sp³-hybridized carbons (Fsp3) is 0.222. The van der Waals surface area contributed by atoms with E-state index < -0.39 is 0 Å². The number of halogens is 1. The number of fused-ring (bicyclic) bond motifs is 1. The number of nitrogens with zero attached hydrogens (tertiary/aromatic N) is 1. The van der Waals surface area contributed by atoms with Crippen molar-refractivity contribution in [2.24, 2.45) is 7.05 Å². The zero-order valence-electron chi connectivity index (χ0n) is 18.9. The Balaban J connectivity index is 1.64. The molecule has 0 spiro atoms. The first kappa shape index (κ1) is 22.4. The zero-order valence-corrected chi connectivity index (χ0v) is 18.9. The first-order valence-electron chi connectivity index (χ1n) is 10.7. The van der Waals surface area contributed by atoms with Crippen molar-refractivity contribution in [3.8, 4) is 17.2 Å². The summed E-state index contributed by atoms with van der Waals surface area (Å²) in [5.41, 5.74) is 5.28. The van der Waals surface area contributed by atoms with Crippen molar-refractivity contribution in [2.75, 3.05) is 14.2 Å². The quantitative estimate of drug-likeness (QED) is 0.501. The maximum absolute atomic E-state index is 13.9. The molecule has 1 aliphatic rings. The van der Waals surface area contributed by atoms with Crippen LogP contribution in [0.1, 0.15) is 35.2 Å². The Kier molecular flexibility index (Phi) is 6.36. The molecule has 0 atom stereocenters. The molecule has 0 radical (unpaired) electrons. The van der Waals surface area contributed by atoms with E-state index in [0.717, 1.165) is 33.5 Å². The molecule has 0 aliphatic heterocycles. The molecule has 1 aromatic heterocycles. The number of methoxy groups -OCH3 is 2. The Labute approximate surface area is 192 Å². The molecule has 1 N–H and O–H groups in total. The zero-order chi connectivity index (χ0) is 23.5. The van der Waals surface area contributed by atoms with Crippen molar-refractivity contribution in [3.05, 3.63) is 82.4 Å². The number of benzene rings is 2. The van der Waals surface area contributed by atoms with E-state index in [-0.39, 0.29) is 17.3 Å². The number of aromatic hydroxyl groups is 1. The third-order valence-electron chi connectivity index (χ3n) is 5.90. The highest BCUT2D eigenvalue weighted by atomic mass is 19.1. The van der Waals surface area contributed by atoms with Crippen LogP contribution in [0.2, 0.25) is 0 Å². The van der Waals surface area contributed by atoms with Gasteiger partial charge < -0.3 is 19.1 Å². The van der Waals surface area contributed by atoms with E-state index in [9.17, 15) is 14.3 Å². The van der Waals surface area contributed by atoms with Crippen LogP contribution in [0, 0.1) is 5.82 Å². The molecule has 2 aromatic carbocycles. The first-order chi connectivity index (χ1) is 15.9. The van der Waals surface area contributed by atoms with Crippen LogP contribution in [0.5, 0.6) is 17.2 Å². The maximum atomic E-state index is 13.9. The lowest BCUT2D eigenvalue weighted by molar-refractivity contribution is -0.118. The van der Waals surface area contributed by atoms with Gasteiger partial charge >= 0.3 is 0 Å². The number of phenolic OH excluding ortho intramolecular Hbond substituents is 1. The Morgan fingerprint density at radius 3 is 2.48 bits per heavy atom. The SMILES string of the molecule is COc1cc(/C=C2/C(CCC(=O)Cc3cccn3C)=Cc3cc(F)ccc32)cc(OC)c1O. The van der Waals surface area contributed by atoms with Crippen LogP contribution in [0.3, 0.4) is 0 Å². The molecule has 0 saturated carbocycles. The average molecular weight is 448 g/mol. The Bertz CT molecular complexity index is 1240. The normalized spacial score (nSPS) is 13.7. The van der Waals surface area contributed by atoms with Gasteiger partial charge in [0.1, 0.15) is 11.6 Å². The summed E-state index contributed by atoms with van der Waals surface area (Å²) in [6.45, 7) is 0. The number of aryl methyl sites for hydroxylation is 1. The number of carbonyl (C=O) groups is 1. The van der Waals surface area contributed by atoms with Crippen molar-refractivity contribution >= 4 is 23.5 Å². The molecule has 0 fully saturated rings. The third kappa shape index (κ3) is 4.70. The predicted molar refractivity (Wildman–Crippen MR) is 127 cm³/mol. The number of ketones is 1. The second-order valence-corrected chi connectivity index (χ2v) is 8.06. The van der Waals surface area contributed by atoms with Gasteiger partial charge in [-0.2, -0.15) is 0 Å². The van der Waals surface area contributed by atoms with E-state index in [1.54, 1.807) is 18.2 Å². The number of rotatable bonds is 8. The van der Waals surface area contributed by atoms with Gasteiger partial charge in [0, 0.05) is 31.8 Å². The van der Waals surface area contributed by atoms with Gasteiger partial charge in [-0.3, -0.25) is 4.79 Å². The summed E-state index contributed by atoms with van der Waals surface area (Å²) in [5.74, 6) is 0.354. The summed E-state index contributed by atoms with van der Waals surface area (Å²) >= 11 is 0. The molecular weight excluding hydrogens is 421 g/mol. The number of hydrogen-bond donors (Lipinski definition) is 1. The van der Waals surface area contributed by atoms with Crippen LogP contribution in [0.4, 0.5) is 4.39 Å². The van der Waals surface area contributed by atoms with Gasteiger partial charge in [0.2, 0.25) is 5.75 Å². The van der Waals surface area contributed by atoms with Gasteiger partial charge in [-0.1, -0.05) is 12.1 Å². The van der Waals surface area contributed by atoms with E-state index in [0.29, 0.717) is 30.8 Å². The number of phenols is 1. The lowest BCUT2D eigenvalue weighted by Crippen LogP contribution is -2.06. The number of hydrogen-bond acceptors (Lipinski definition) is 4. The maximum Gasteiger partial charge on any atom is 0.200 e. The highest BCUT2D eigenvalue weighted by molar-refractivity contribution is 6.02. The number of aromatic nitrogens is 1. The van der Waals surface area contributed by atoms with Crippen LogP contribution >= 0.6 is 0 Å². The van der Waals surface area contributed by atoms with E-state index >= 15 is 0 Å². The molecular formula is C27H26FNO4. The van der Waals surface area contributed by atoms with Gasteiger partial charge in [-0.25, -0.2) is 4.39 Å². The molecule has 0 bridgehead atoms. The number of Topliss-reactive ketones (excluding diaryl/α,β-unsaturated/α-hetero) is 1. The monoisotopic (exact) mass is 447 g/mol. The third-order valence-corrected chi connectivity index (χ3v) is 5.90. The number of ether oxygens (including phenoxy) is 2. The smallest absolute Gasteiger partial charge is 0.200 e. The minimum absolute atomic E-state index is 0.0712. The predicted octanol–water partition coefficient (Wildman–Crippen LogP) is 5.42. The molecule has 1 aliphatic carbocycles. The van der Waals surface area contributed by atoms with E-state index in [2.05, 4.69) is 0 Å². The first-order valence-corrected chi connectivity index (χ1v) is 10.7. The molecule has 0 unspecified atom stereocenters. The highest BCUT2D eigenvalue weighted by Crippen LogP contribution is 2.42. The second-order valence-electron chi connectivity index (χ2n) is 8.06. The van der Waals surface area contributed by atoms with E-state index in [1.807, 2.05) is 42.1 Å². The second kappa shape index (κ2) is 9.36. The summed E-state index contributed by atoms with van der Waals surface area (Å²) < 4.78 is 26.4. The van der Waals surface area contributed by atoms with Gasteiger partial charge in [-0.05, 0) is 76.7 Å². The minimum Gasteiger partial charge on any atom is -0.502 e. The van der Waals surface area contributed by atoms with E-state index in [4.69, 9.17) is 9.47 Å². The molecule has 170 valence electrons. The van der Waals surface area contributed by atoms with Crippen molar-refractivity contribution in [1.29, 1.82) is 0 Å². The van der Waals surface area contributed by atoms with Crippen molar-refractivity contribution in [2.45, 2.75) is 19.3 Å². The highest BCUT2D eigenvalue weighted by Gasteiger charge is 2.21. The van der Waals surface area contributed by atoms with Crippen molar-refractivity contribution in [1.82, 2.24) is 4.57 Å². The molecule has 6 heteroatoms. The Morgan fingerprint density at radius 2 is 1.85 bits per heavy atom. The van der Waals surface area contributed by atoms with Crippen molar-refractivity contribution < 1.29 is 23.8 Å². The molecule has 4 rings (SSSR count). The molecule has 5 nitrogen and oxygen atoms in total. The van der Waals surface area contributed by atoms with E-state index in [1.165, 1.54) is 26.4 Å². The fourth-order valence-electron chi connectivity index (χ4n) is 4.12. The van der Waals surface area contributed by atoms with Crippen LogP contribution in [0.25, 0.3) is 17.7 Å². The lowest BCUT2D eigenvalue weighted by Gasteiger charge is -2.12. The van der Waals surface area contributed by atoms with Gasteiger partial charge in [0.15, 0.2) is 11.5 Å². The lowest BCUT2D eigenvalue weighted by atomic mass is 9.96. The Hall–Kier alpha value is -3.80. The molecule has 1 heterocycles. The van der Waals surface area contributed by atoms with Gasteiger partial charge in [-0.15, -0.1) is 0 Å². The number of carbonyl (C=O) groups excluding carboxylic acids is 1. The van der Waals surface area contributed by atoms with Crippen LogP contribution in [-0.2, 0) is 18.3 Å². The molecule has 0 saturated heterocycles. The topological polar surface area (TPSA) is 60.7 Å². The fourth-order valence-corrected chi connectivity index (χ4v) is 4.12. The summed E-state index contributed by atoms with van der Waals surface area (Å²) in [6.07, 6.45) is 7.11. The minimum atomic E-state index is -0.307. The number of allylic oxidation sites excluding steroid dienone is 2. The summed E-state index contributed by atoms with van der Waals surface area (Å²) in [6, 6.07) is 12.0. The van der Waals surface area contributed by atoms with Crippen LogP contribution in [0.15, 0.2) is 54.2 Å². The van der Waals surface area contributed by atoms with Gasteiger partial charge in [0.05, 0.1) is 14.2 Å². The van der Waals surface area contributed by atoms with Crippen LogP contribution in [-0.4, -0.2) is 29.7 Å². The van der Waals surface area contributed by atoms with Crippen molar-refractivity contribution in [3.63, 3.8) is 0 Å². The largest absolute Gasteiger partial charge is 0.502 e. The molecule has 33 heavy (non-hydrogen) atoms. The average Bonchev–Trinajstić information content (AvgIpc) is 3.35. The molecule has 3 aromatic rings. The standard InChI is InChI=1S/C27H26FNO4/c1-29-10-4-5-21(29)16-22(30)8-6-18-14-19-15-20(28)7-9-23(19)24(18)11-17-12-25(32-2)27(31)26(13-17)33-3/h4-5,7,9-15,31H,6,8,16H2,1-3H3/b24-11-. The summed E-state index contributed by atoms with van der Waals surface area (Å²) in [7, 11) is 4.87. The summed E-state index contributed by atoms with van der Waals surface area (Å²) in [5, 5.41) is 10.2.